The molecule has 4 heterocycles. The molecule has 11 rings (SSSR count). The molecule has 0 radical (unpaired) electrons. The van der Waals surface area contributed by atoms with Crippen LogP contribution < -0.4 is 0 Å². The number of aryl methyl sites for hydroxylation is 1. The van der Waals surface area contributed by atoms with Crippen molar-refractivity contribution in [2.75, 3.05) is 0 Å². The summed E-state index contributed by atoms with van der Waals surface area (Å²) in [5.74, 6) is 1.95. The maximum atomic E-state index is 5.08. The van der Waals surface area contributed by atoms with Gasteiger partial charge in [0, 0.05) is 58.5 Å². The Morgan fingerprint density at radius 2 is 1.12 bits per heavy atom. The number of benzene rings is 7. The van der Waals surface area contributed by atoms with Crippen LogP contribution in [0.25, 0.3) is 97.9 Å². The fourth-order valence-electron chi connectivity index (χ4n) is 8.02. The van der Waals surface area contributed by atoms with Crippen molar-refractivity contribution in [2.45, 2.75) is 6.92 Å². The third kappa shape index (κ3) is 4.31. The summed E-state index contributed by atoms with van der Waals surface area (Å²) in [7, 11) is 0. The first-order valence-corrected chi connectivity index (χ1v) is 18.3. The molecule has 0 aliphatic heterocycles. The molecule has 0 unspecified atom stereocenters. The molecule has 0 saturated heterocycles. The summed E-state index contributed by atoms with van der Waals surface area (Å²) in [6.07, 6.45) is 0. The van der Waals surface area contributed by atoms with Gasteiger partial charge in [0.15, 0.2) is 5.82 Å². The molecule has 0 N–H and O–H groups in total. The number of hydrogen-bond donors (Lipinski definition) is 0. The van der Waals surface area contributed by atoms with Gasteiger partial charge in [0.2, 0.25) is 5.95 Å². The van der Waals surface area contributed by atoms with Gasteiger partial charge in [-0.1, -0.05) is 109 Å². The average Bonchev–Trinajstić information content (AvgIpc) is 3.85. The lowest BCUT2D eigenvalue weighted by Gasteiger charge is -2.12. The van der Waals surface area contributed by atoms with Gasteiger partial charge in [0.05, 0.1) is 22.1 Å². The highest BCUT2D eigenvalue weighted by Gasteiger charge is 2.21. The van der Waals surface area contributed by atoms with Crippen molar-refractivity contribution in [3.05, 3.63) is 164 Å². The largest absolute Gasteiger partial charge is 0.309 e. The van der Waals surface area contributed by atoms with Crippen LogP contribution in [0.2, 0.25) is 0 Å². The van der Waals surface area contributed by atoms with Crippen LogP contribution in [0.1, 0.15) is 5.82 Å². The quantitative estimate of drug-likeness (QED) is 0.185. The minimum atomic E-state index is 0.610. The van der Waals surface area contributed by atoms with Crippen molar-refractivity contribution < 1.29 is 0 Å². The molecule has 0 aliphatic rings. The summed E-state index contributed by atoms with van der Waals surface area (Å²) in [5.41, 5.74) is 8.89. The summed E-state index contributed by atoms with van der Waals surface area (Å²) in [4.78, 5) is 14.8. The molecule has 0 fully saturated rings. The van der Waals surface area contributed by atoms with Gasteiger partial charge in [-0.2, -0.15) is 9.97 Å². The average molecular weight is 684 g/mol. The molecule has 6 heteroatoms. The molecular weight excluding hydrogens is 655 g/mol. The molecule has 244 valence electrons. The fraction of sp³-hybridized carbons (Fsp3) is 0.0217. The van der Waals surface area contributed by atoms with Crippen molar-refractivity contribution in [1.29, 1.82) is 0 Å². The van der Waals surface area contributed by atoms with Gasteiger partial charge >= 0.3 is 0 Å². The van der Waals surface area contributed by atoms with Gasteiger partial charge in [0.1, 0.15) is 5.82 Å². The Hall–Kier alpha value is -6.63. The van der Waals surface area contributed by atoms with E-state index in [-0.39, 0.29) is 0 Å². The number of thiophene rings is 1. The summed E-state index contributed by atoms with van der Waals surface area (Å²) in [5, 5.41) is 7.36. The predicted molar refractivity (Wildman–Crippen MR) is 217 cm³/mol. The third-order valence-electron chi connectivity index (χ3n) is 10.3. The van der Waals surface area contributed by atoms with E-state index in [0.29, 0.717) is 17.6 Å². The minimum Gasteiger partial charge on any atom is -0.309 e. The van der Waals surface area contributed by atoms with Crippen molar-refractivity contribution in [1.82, 2.24) is 24.1 Å². The Balaban J connectivity index is 1.16. The van der Waals surface area contributed by atoms with E-state index in [1.54, 1.807) is 0 Å². The summed E-state index contributed by atoms with van der Waals surface area (Å²) >= 11 is 1.85. The van der Waals surface area contributed by atoms with Gasteiger partial charge in [0.25, 0.3) is 0 Å². The Morgan fingerprint density at radius 1 is 0.442 bits per heavy atom. The monoisotopic (exact) mass is 683 g/mol. The topological polar surface area (TPSA) is 48.5 Å². The van der Waals surface area contributed by atoms with Crippen LogP contribution in [0.15, 0.2) is 158 Å². The smallest absolute Gasteiger partial charge is 0.238 e. The van der Waals surface area contributed by atoms with Crippen molar-refractivity contribution in [2.24, 2.45) is 0 Å². The number of hydrogen-bond acceptors (Lipinski definition) is 4. The molecular formula is C46H29N5S. The zero-order chi connectivity index (χ0) is 34.3. The zero-order valence-corrected chi connectivity index (χ0v) is 29.0. The number of nitrogens with zero attached hydrogens (tertiary/aromatic N) is 5. The van der Waals surface area contributed by atoms with Crippen LogP contribution in [0, 0.1) is 6.92 Å². The molecule has 0 saturated carbocycles. The van der Waals surface area contributed by atoms with Gasteiger partial charge in [-0.3, -0.25) is 4.57 Å². The van der Waals surface area contributed by atoms with Gasteiger partial charge in [-0.05, 0) is 61.0 Å². The first kappa shape index (κ1) is 29.1. The zero-order valence-electron chi connectivity index (χ0n) is 28.2. The van der Waals surface area contributed by atoms with E-state index < -0.39 is 0 Å². The SMILES string of the molecule is Cc1nc(-c2ccccc2)nc(-n2c3ccccc3c3cccc(-c4ccc5c(c4)c4ccccc4n5-c4ccc5sc6ccccc6c5c4)c32)n1. The Kier molecular flexibility index (Phi) is 6.27. The van der Waals surface area contributed by atoms with Crippen LogP contribution in [-0.4, -0.2) is 24.1 Å². The highest BCUT2D eigenvalue weighted by Crippen LogP contribution is 2.41. The van der Waals surface area contributed by atoms with Crippen LogP contribution in [0.4, 0.5) is 0 Å². The van der Waals surface area contributed by atoms with Gasteiger partial charge in [-0.15, -0.1) is 11.3 Å². The van der Waals surface area contributed by atoms with E-state index in [4.69, 9.17) is 15.0 Å². The number of aromatic nitrogens is 5. The second kappa shape index (κ2) is 11.2. The summed E-state index contributed by atoms with van der Waals surface area (Å²) < 4.78 is 7.25. The van der Waals surface area contributed by atoms with Crippen LogP contribution in [0.5, 0.6) is 0 Å². The molecule has 52 heavy (non-hydrogen) atoms. The number of para-hydroxylation sites is 3. The fourth-order valence-corrected chi connectivity index (χ4v) is 9.10. The van der Waals surface area contributed by atoms with E-state index in [9.17, 15) is 0 Å². The maximum Gasteiger partial charge on any atom is 0.238 e. The molecule has 0 bridgehead atoms. The highest BCUT2D eigenvalue weighted by molar-refractivity contribution is 7.25. The lowest BCUT2D eigenvalue weighted by Crippen LogP contribution is -2.06. The Morgan fingerprint density at radius 3 is 1.96 bits per heavy atom. The number of fused-ring (bicyclic) bond motifs is 9. The second-order valence-electron chi connectivity index (χ2n) is 13.3. The van der Waals surface area contributed by atoms with E-state index in [0.717, 1.165) is 44.2 Å². The predicted octanol–water partition coefficient (Wildman–Crippen LogP) is 12.1. The molecule has 4 aromatic heterocycles. The van der Waals surface area contributed by atoms with E-state index in [2.05, 4.69) is 137 Å². The first-order valence-electron chi connectivity index (χ1n) is 17.5. The van der Waals surface area contributed by atoms with E-state index >= 15 is 0 Å². The van der Waals surface area contributed by atoms with E-state index in [1.807, 2.05) is 48.6 Å². The molecule has 7 aromatic carbocycles. The van der Waals surface area contributed by atoms with Crippen molar-refractivity contribution in [3.63, 3.8) is 0 Å². The first-order chi connectivity index (χ1) is 25.7. The molecule has 0 aliphatic carbocycles. The van der Waals surface area contributed by atoms with Crippen LogP contribution >= 0.6 is 11.3 Å². The van der Waals surface area contributed by atoms with Gasteiger partial charge < -0.3 is 4.57 Å². The maximum absolute atomic E-state index is 5.08. The molecule has 11 aromatic rings. The van der Waals surface area contributed by atoms with Gasteiger partial charge in [-0.25, -0.2) is 4.98 Å². The summed E-state index contributed by atoms with van der Waals surface area (Å²) in [6, 6.07) is 56.5. The lowest BCUT2D eigenvalue weighted by atomic mass is 10.00. The lowest BCUT2D eigenvalue weighted by molar-refractivity contribution is 0.907. The summed E-state index contributed by atoms with van der Waals surface area (Å²) in [6.45, 7) is 1.94. The minimum absolute atomic E-state index is 0.610. The standard InChI is InChI=1S/C46H29N5S/c1-28-47-45(29-12-3-2-4-13-29)49-46(48-28)51-40-20-9-5-14-33(40)36-18-11-17-32(44(36)51)30-22-24-41-37(26-30)34-15-6-8-19-39(34)50(41)31-23-25-43-38(27-31)35-16-7-10-21-42(35)52-43/h2-27H,1H3. The third-order valence-corrected chi connectivity index (χ3v) is 11.4. The van der Waals surface area contributed by atoms with Crippen molar-refractivity contribution >= 4 is 75.1 Å². The van der Waals surface area contributed by atoms with E-state index in [1.165, 1.54) is 42.0 Å². The highest BCUT2D eigenvalue weighted by atomic mass is 32.1. The molecule has 0 atom stereocenters. The van der Waals surface area contributed by atoms with Crippen LogP contribution in [0.3, 0.4) is 0 Å². The van der Waals surface area contributed by atoms with Crippen LogP contribution in [-0.2, 0) is 0 Å². The molecule has 5 nitrogen and oxygen atoms in total. The normalized spacial score (nSPS) is 11.9. The Bertz CT molecular complexity index is 3200. The number of rotatable bonds is 4. The molecule has 0 amide bonds. The Labute approximate surface area is 302 Å². The molecule has 0 spiro atoms. The second-order valence-corrected chi connectivity index (χ2v) is 14.4. The van der Waals surface area contributed by atoms with Crippen molar-refractivity contribution in [3.8, 4) is 34.2 Å².